The lowest BCUT2D eigenvalue weighted by Gasteiger charge is -2.37. The number of pyridine rings is 1. The molecule has 0 spiro atoms. The summed E-state index contributed by atoms with van der Waals surface area (Å²) in [6, 6.07) is 13.3. The normalized spacial score (nSPS) is 18.4. The first-order valence-electron chi connectivity index (χ1n) is 13.8. The monoisotopic (exact) mass is 598 g/mol. The molecule has 11 heteroatoms. The molecule has 0 bridgehead atoms. The number of aryl methyl sites for hydroxylation is 1. The number of rotatable bonds is 8. The number of hydrogen-bond donors (Lipinski definition) is 1. The fourth-order valence-corrected chi connectivity index (χ4v) is 7.59. The van der Waals surface area contributed by atoms with E-state index in [1.807, 2.05) is 19.2 Å². The molecule has 5 rings (SSSR count). The molecule has 222 valence electrons. The van der Waals surface area contributed by atoms with Crippen molar-refractivity contribution < 1.29 is 26.4 Å². The molecule has 2 aromatic carbocycles. The van der Waals surface area contributed by atoms with E-state index in [1.54, 1.807) is 35.5 Å². The predicted molar refractivity (Wildman–Crippen MR) is 156 cm³/mol. The average Bonchev–Trinajstić information content (AvgIpc) is 3.38. The van der Waals surface area contributed by atoms with Crippen molar-refractivity contribution in [2.24, 2.45) is 0 Å². The van der Waals surface area contributed by atoms with Crippen molar-refractivity contribution in [2.45, 2.75) is 49.2 Å². The van der Waals surface area contributed by atoms with Crippen molar-refractivity contribution in [2.75, 3.05) is 25.0 Å². The third-order valence-corrected chi connectivity index (χ3v) is 9.98. The van der Waals surface area contributed by atoms with Gasteiger partial charge in [0, 0.05) is 55.9 Å². The van der Waals surface area contributed by atoms with Gasteiger partial charge in [0.2, 0.25) is 10.0 Å². The number of nitrogens with zero attached hydrogens (tertiary/aromatic N) is 3. The Morgan fingerprint density at radius 2 is 1.79 bits per heavy atom. The molecule has 1 aromatic heterocycles. The van der Waals surface area contributed by atoms with Gasteiger partial charge < -0.3 is 9.80 Å². The number of carbonyl (C=O) groups is 1. The van der Waals surface area contributed by atoms with Crippen LogP contribution in [0.15, 0.2) is 79.6 Å². The van der Waals surface area contributed by atoms with E-state index in [9.17, 15) is 26.4 Å². The quantitative estimate of drug-likeness (QED) is 0.338. The summed E-state index contributed by atoms with van der Waals surface area (Å²) in [5.74, 6) is -0.0975. The molecule has 1 amide bonds. The summed E-state index contributed by atoms with van der Waals surface area (Å²) in [4.78, 5) is 21.5. The van der Waals surface area contributed by atoms with Gasteiger partial charge in [-0.3, -0.25) is 9.78 Å². The lowest BCUT2D eigenvalue weighted by Crippen LogP contribution is -2.45. The first kappa shape index (κ1) is 29.8. The summed E-state index contributed by atoms with van der Waals surface area (Å²) in [6.45, 7) is 5.18. The number of carbonyl (C=O) groups excluding carboxylic acids is 1. The van der Waals surface area contributed by atoms with Crippen molar-refractivity contribution in [1.29, 1.82) is 0 Å². The summed E-state index contributed by atoms with van der Waals surface area (Å²) in [6.07, 6.45) is 2.48. The number of anilines is 1. The summed E-state index contributed by atoms with van der Waals surface area (Å²) in [5.41, 5.74) is 1.82. The highest BCUT2D eigenvalue weighted by molar-refractivity contribution is 7.89. The van der Waals surface area contributed by atoms with Crippen LogP contribution in [-0.4, -0.2) is 50.4 Å². The highest BCUT2D eigenvalue weighted by Crippen LogP contribution is 2.39. The summed E-state index contributed by atoms with van der Waals surface area (Å²) >= 11 is 0. The zero-order valence-electron chi connectivity index (χ0n) is 23.2. The third kappa shape index (κ3) is 6.07. The van der Waals surface area contributed by atoms with E-state index in [0.29, 0.717) is 18.4 Å². The van der Waals surface area contributed by atoms with E-state index in [1.165, 1.54) is 12.1 Å². The molecule has 2 atom stereocenters. The Hall–Kier alpha value is -3.70. The van der Waals surface area contributed by atoms with E-state index in [0.717, 1.165) is 61.0 Å². The van der Waals surface area contributed by atoms with Gasteiger partial charge >= 0.3 is 6.18 Å². The zero-order valence-corrected chi connectivity index (χ0v) is 24.0. The number of hydrogen-bond acceptors (Lipinski definition) is 5. The van der Waals surface area contributed by atoms with Crippen LogP contribution in [0.3, 0.4) is 0 Å². The van der Waals surface area contributed by atoms with Gasteiger partial charge in [0.05, 0.1) is 5.56 Å². The summed E-state index contributed by atoms with van der Waals surface area (Å²) in [5, 5.41) is -1.58. The molecule has 1 saturated heterocycles. The van der Waals surface area contributed by atoms with Crippen molar-refractivity contribution in [3.63, 3.8) is 0 Å². The molecule has 42 heavy (non-hydrogen) atoms. The topological polar surface area (TPSA) is 82.6 Å². The standard InChI is InChI=1S/C31H33F3N4O3S/c1-3-29(26-6-4-5-7-27(26)31(32,33)34)42(40,41)36-28-11-9-21-20-22(8-10-25(21)28)30(39)37(2)23-14-18-38(19-15-23)24-12-16-35-17-13-24/h3-8,10,12-13,16-17,20,23,28-29,36H,1,9,11,14-15,18-19H2,2H3. The van der Waals surface area contributed by atoms with Crippen LogP contribution in [0.5, 0.6) is 0 Å². The van der Waals surface area contributed by atoms with Crippen LogP contribution in [-0.2, 0) is 22.6 Å². The largest absolute Gasteiger partial charge is 0.416 e. The lowest BCUT2D eigenvalue weighted by molar-refractivity contribution is -0.138. The second kappa shape index (κ2) is 11.9. The molecule has 7 nitrogen and oxygen atoms in total. The maximum Gasteiger partial charge on any atom is 0.416 e. The number of sulfonamides is 1. The maximum absolute atomic E-state index is 13.6. The predicted octanol–water partition coefficient (Wildman–Crippen LogP) is 5.68. The number of aromatic nitrogens is 1. The van der Waals surface area contributed by atoms with Crippen LogP contribution in [0.4, 0.5) is 18.9 Å². The molecule has 1 N–H and O–H groups in total. The van der Waals surface area contributed by atoms with Crippen molar-refractivity contribution >= 4 is 21.6 Å². The number of amides is 1. The van der Waals surface area contributed by atoms with Crippen LogP contribution >= 0.6 is 0 Å². The number of piperidine rings is 1. The van der Waals surface area contributed by atoms with Crippen LogP contribution in [0.2, 0.25) is 0 Å². The Morgan fingerprint density at radius 3 is 2.45 bits per heavy atom. The van der Waals surface area contributed by atoms with E-state index in [2.05, 4.69) is 21.2 Å². The first-order chi connectivity index (χ1) is 20.0. The minimum atomic E-state index is -4.71. The van der Waals surface area contributed by atoms with Gasteiger partial charge in [-0.05, 0) is 72.7 Å². The molecule has 2 unspecified atom stereocenters. The molecule has 1 fully saturated rings. The van der Waals surface area contributed by atoms with Gasteiger partial charge in [-0.25, -0.2) is 13.1 Å². The Balaban J connectivity index is 1.27. The van der Waals surface area contributed by atoms with Gasteiger partial charge in [-0.2, -0.15) is 13.2 Å². The zero-order chi connectivity index (χ0) is 30.1. The van der Waals surface area contributed by atoms with Gasteiger partial charge in [0.1, 0.15) is 5.25 Å². The minimum Gasteiger partial charge on any atom is -0.371 e. The Kier molecular flexibility index (Phi) is 8.43. The highest BCUT2D eigenvalue weighted by atomic mass is 32.2. The third-order valence-electron chi connectivity index (χ3n) is 8.26. The minimum absolute atomic E-state index is 0.0961. The fourth-order valence-electron chi connectivity index (χ4n) is 6.00. The highest BCUT2D eigenvalue weighted by Gasteiger charge is 2.39. The SMILES string of the molecule is C=CC(c1ccccc1C(F)(F)F)S(=O)(=O)NC1CCc2cc(C(=O)N(C)C3CCN(c4ccncc4)CC3)ccc21. The Bertz CT molecular complexity index is 1560. The van der Waals surface area contributed by atoms with Crippen LogP contribution in [0.1, 0.15) is 63.2 Å². The van der Waals surface area contributed by atoms with E-state index >= 15 is 0 Å². The second-order valence-corrected chi connectivity index (χ2v) is 12.6. The number of benzene rings is 2. The molecule has 3 aromatic rings. The average molecular weight is 599 g/mol. The fraction of sp³-hybridized carbons (Fsp3) is 0.355. The second-order valence-electron chi connectivity index (χ2n) is 10.7. The molecule has 0 radical (unpaired) electrons. The van der Waals surface area contributed by atoms with Crippen LogP contribution < -0.4 is 9.62 Å². The van der Waals surface area contributed by atoms with Crippen molar-refractivity contribution in [3.05, 3.63) is 107 Å². The molecule has 0 saturated carbocycles. The Labute approximate surface area is 244 Å². The summed E-state index contributed by atoms with van der Waals surface area (Å²) < 4.78 is 70.1. The van der Waals surface area contributed by atoms with Crippen LogP contribution in [0.25, 0.3) is 0 Å². The molecule has 1 aliphatic carbocycles. The molecule has 2 aliphatic rings. The molecule has 1 aliphatic heterocycles. The number of halogens is 3. The number of fused-ring (bicyclic) bond motifs is 1. The van der Waals surface area contributed by atoms with E-state index in [-0.39, 0.29) is 17.5 Å². The van der Waals surface area contributed by atoms with E-state index < -0.39 is 33.1 Å². The first-order valence-corrected chi connectivity index (χ1v) is 15.4. The van der Waals surface area contributed by atoms with E-state index in [4.69, 9.17) is 0 Å². The molecular weight excluding hydrogens is 565 g/mol. The summed E-state index contributed by atoms with van der Waals surface area (Å²) in [7, 11) is -2.45. The molecule has 2 heterocycles. The maximum atomic E-state index is 13.6. The van der Waals surface area contributed by atoms with Crippen molar-refractivity contribution in [1.82, 2.24) is 14.6 Å². The van der Waals surface area contributed by atoms with Crippen LogP contribution in [0, 0.1) is 0 Å². The number of alkyl halides is 3. The lowest BCUT2D eigenvalue weighted by atomic mass is 10.0. The van der Waals surface area contributed by atoms with Gasteiger partial charge in [0.15, 0.2) is 0 Å². The van der Waals surface area contributed by atoms with Gasteiger partial charge in [0.25, 0.3) is 5.91 Å². The van der Waals surface area contributed by atoms with Gasteiger partial charge in [-0.1, -0.05) is 30.3 Å². The molecular formula is C31H33F3N4O3S. The number of nitrogens with one attached hydrogen (secondary N) is 1. The van der Waals surface area contributed by atoms with Gasteiger partial charge in [-0.15, -0.1) is 6.58 Å². The Morgan fingerprint density at radius 1 is 1.10 bits per heavy atom. The smallest absolute Gasteiger partial charge is 0.371 e. The van der Waals surface area contributed by atoms with Crippen molar-refractivity contribution in [3.8, 4) is 0 Å².